The van der Waals surface area contributed by atoms with Crippen LogP contribution in [0.15, 0.2) is 0 Å². The lowest BCUT2D eigenvalue weighted by molar-refractivity contribution is -0.165. The van der Waals surface area contributed by atoms with Crippen LogP contribution >= 0.6 is 11.6 Å². The topological polar surface area (TPSA) is 46.5 Å². The van der Waals surface area contributed by atoms with Gasteiger partial charge in [-0.1, -0.05) is 51.9 Å². The summed E-state index contributed by atoms with van der Waals surface area (Å²) in [7, 11) is 0. The Morgan fingerprint density at radius 2 is 1.65 bits per heavy atom. The van der Waals surface area contributed by atoms with E-state index in [0.29, 0.717) is 6.42 Å². The van der Waals surface area contributed by atoms with Gasteiger partial charge in [0, 0.05) is 6.42 Å². The van der Waals surface area contributed by atoms with Crippen LogP contribution < -0.4 is 0 Å². The van der Waals surface area contributed by atoms with Gasteiger partial charge in [-0.15, -0.1) is 11.6 Å². The molecule has 0 saturated heterocycles. The van der Waals surface area contributed by atoms with E-state index in [-0.39, 0.29) is 5.88 Å². The number of ether oxygens (including phenoxy) is 1. The Labute approximate surface area is 109 Å². The van der Waals surface area contributed by atoms with E-state index in [4.69, 9.17) is 11.6 Å². The normalized spacial score (nSPS) is 12.4. The molecule has 0 spiro atoms. The first kappa shape index (κ1) is 16.7. The lowest BCUT2D eigenvalue weighted by atomic mass is 10.1. The molecular weight excluding hydrogens is 240 g/mol. The molecule has 0 aliphatic carbocycles. The zero-order valence-electron chi connectivity index (χ0n) is 10.8. The van der Waals surface area contributed by atoms with Crippen LogP contribution in [0.1, 0.15) is 64.7 Å². The Balaban J connectivity index is 3.19. The summed E-state index contributed by atoms with van der Waals surface area (Å²) in [4.78, 5) is 10.7. The molecule has 0 aliphatic rings. The first-order chi connectivity index (χ1) is 8.20. The highest BCUT2D eigenvalue weighted by molar-refractivity contribution is 6.26. The van der Waals surface area contributed by atoms with Crippen LogP contribution in [0.4, 0.5) is 0 Å². The van der Waals surface area contributed by atoms with Crippen molar-refractivity contribution in [3.8, 4) is 0 Å². The molecule has 0 rings (SSSR count). The van der Waals surface area contributed by atoms with Crippen LogP contribution in [0.25, 0.3) is 0 Å². The minimum absolute atomic E-state index is 0.200. The van der Waals surface area contributed by atoms with Crippen LogP contribution in [-0.2, 0) is 9.53 Å². The molecule has 3 nitrogen and oxygen atoms in total. The van der Waals surface area contributed by atoms with E-state index in [9.17, 15) is 9.90 Å². The number of aliphatic hydroxyl groups excluding tert-OH is 1. The van der Waals surface area contributed by atoms with Gasteiger partial charge in [0.1, 0.15) is 5.88 Å². The van der Waals surface area contributed by atoms with Crippen molar-refractivity contribution in [3.63, 3.8) is 0 Å². The summed E-state index contributed by atoms with van der Waals surface area (Å²) in [5.41, 5.74) is 0. The van der Waals surface area contributed by atoms with Gasteiger partial charge in [0.25, 0.3) is 0 Å². The first-order valence-corrected chi connectivity index (χ1v) is 7.17. The summed E-state index contributed by atoms with van der Waals surface area (Å²) in [6, 6.07) is 0. The van der Waals surface area contributed by atoms with Crippen molar-refractivity contribution in [1.29, 1.82) is 0 Å². The van der Waals surface area contributed by atoms with Crippen molar-refractivity contribution in [2.45, 2.75) is 71.0 Å². The Hall–Kier alpha value is -0.280. The number of rotatable bonds is 11. The van der Waals surface area contributed by atoms with Crippen molar-refractivity contribution >= 4 is 17.6 Å². The molecule has 1 unspecified atom stereocenters. The molecule has 0 bridgehead atoms. The number of carbonyl (C=O) groups is 1. The highest BCUT2D eigenvalue weighted by Gasteiger charge is 2.08. The molecule has 0 radical (unpaired) electrons. The molecule has 4 heteroatoms. The summed E-state index contributed by atoms with van der Waals surface area (Å²) in [5, 5.41) is 9.32. The molecule has 0 saturated carbocycles. The molecule has 17 heavy (non-hydrogen) atoms. The van der Waals surface area contributed by atoms with Crippen LogP contribution in [0.3, 0.4) is 0 Å². The maximum Gasteiger partial charge on any atom is 0.323 e. The largest absolute Gasteiger partial charge is 0.435 e. The van der Waals surface area contributed by atoms with Crippen molar-refractivity contribution < 1.29 is 14.6 Å². The van der Waals surface area contributed by atoms with E-state index in [1.54, 1.807) is 0 Å². The molecule has 0 aromatic heterocycles. The standard InChI is InChI=1S/C13H25ClO3/c1-2-3-4-5-6-7-8-9-10-12(15)17-13(16)11-14/h12,15H,2-11H2,1H3. The fourth-order valence-electron chi connectivity index (χ4n) is 1.69. The second-order valence-electron chi connectivity index (χ2n) is 4.34. The molecule has 0 aliphatic heterocycles. The highest BCUT2D eigenvalue weighted by atomic mass is 35.5. The fourth-order valence-corrected chi connectivity index (χ4v) is 1.76. The zero-order valence-corrected chi connectivity index (χ0v) is 11.5. The van der Waals surface area contributed by atoms with Gasteiger partial charge in [-0.2, -0.15) is 0 Å². The van der Waals surface area contributed by atoms with Gasteiger partial charge in [0.05, 0.1) is 0 Å². The fraction of sp³-hybridized carbons (Fsp3) is 0.923. The monoisotopic (exact) mass is 264 g/mol. The lowest BCUT2D eigenvalue weighted by Gasteiger charge is -2.10. The molecule has 0 aromatic carbocycles. The van der Waals surface area contributed by atoms with Gasteiger partial charge in [-0.25, -0.2) is 0 Å². The van der Waals surface area contributed by atoms with E-state index in [2.05, 4.69) is 11.7 Å². The average molecular weight is 265 g/mol. The van der Waals surface area contributed by atoms with E-state index in [1.165, 1.54) is 38.5 Å². The Kier molecular flexibility index (Phi) is 12.0. The smallest absolute Gasteiger partial charge is 0.323 e. The van der Waals surface area contributed by atoms with Gasteiger partial charge < -0.3 is 9.84 Å². The van der Waals surface area contributed by atoms with Crippen LogP contribution in [0, 0.1) is 0 Å². The Morgan fingerprint density at radius 3 is 2.18 bits per heavy atom. The van der Waals surface area contributed by atoms with E-state index in [1.807, 2.05) is 0 Å². The summed E-state index contributed by atoms with van der Waals surface area (Å²) in [6.45, 7) is 2.21. The molecule has 0 aromatic rings. The number of carbonyl (C=O) groups excluding carboxylic acids is 1. The van der Waals surface area contributed by atoms with Gasteiger partial charge in [-0.3, -0.25) is 4.79 Å². The zero-order chi connectivity index (χ0) is 12.9. The van der Waals surface area contributed by atoms with Gasteiger partial charge in [-0.05, 0) is 6.42 Å². The summed E-state index contributed by atoms with van der Waals surface area (Å²) < 4.78 is 4.64. The van der Waals surface area contributed by atoms with E-state index < -0.39 is 12.3 Å². The lowest BCUT2D eigenvalue weighted by Crippen LogP contribution is -2.18. The number of hydrogen-bond acceptors (Lipinski definition) is 3. The molecule has 0 fully saturated rings. The molecule has 0 amide bonds. The molecule has 0 heterocycles. The molecular formula is C13H25ClO3. The van der Waals surface area contributed by atoms with Crippen LogP contribution in [0.2, 0.25) is 0 Å². The quantitative estimate of drug-likeness (QED) is 0.268. The van der Waals surface area contributed by atoms with Gasteiger partial charge in [0.15, 0.2) is 0 Å². The number of unbranched alkanes of at least 4 members (excludes halogenated alkanes) is 7. The molecule has 1 atom stereocenters. The Morgan fingerprint density at radius 1 is 1.12 bits per heavy atom. The third-order valence-electron chi connectivity index (χ3n) is 2.68. The second-order valence-corrected chi connectivity index (χ2v) is 4.61. The summed E-state index contributed by atoms with van der Waals surface area (Å²) >= 11 is 5.25. The van der Waals surface area contributed by atoms with Crippen molar-refractivity contribution in [2.24, 2.45) is 0 Å². The van der Waals surface area contributed by atoms with E-state index in [0.717, 1.165) is 12.8 Å². The summed E-state index contributed by atoms with van der Waals surface area (Å²) in [6.07, 6.45) is 9.19. The second kappa shape index (κ2) is 12.2. The van der Waals surface area contributed by atoms with Crippen molar-refractivity contribution in [3.05, 3.63) is 0 Å². The maximum atomic E-state index is 10.7. The summed E-state index contributed by atoms with van der Waals surface area (Å²) in [5.74, 6) is -0.757. The number of esters is 1. The first-order valence-electron chi connectivity index (χ1n) is 6.64. The number of alkyl halides is 1. The highest BCUT2D eigenvalue weighted by Crippen LogP contribution is 2.11. The minimum Gasteiger partial charge on any atom is -0.435 e. The number of halogens is 1. The van der Waals surface area contributed by atoms with Crippen molar-refractivity contribution in [2.75, 3.05) is 5.88 Å². The SMILES string of the molecule is CCCCCCCCCCC(O)OC(=O)CCl. The third-order valence-corrected chi connectivity index (χ3v) is 2.90. The predicted molar refractivity (Wildman–Crippen MR) is 70.0 cm³/mol. The number of hydrogen-bond donors (Lipinski definition) is 1. The van der Waals surface area contributed by atoms with Crippen molar-refractivity contribution in [1.82, 2.24) is 0 Å². The maximum absolute atomic E-state index is 10.7. The average Bonchev–Trinajstić information content (AvgIpc) is 2.32. The van der Waals surface area contributed by atoms with Gasteiger partial charge >= 0.3 is 5.97 Å². The molecule has 102 valence electrons. The van der Waals surface area contributed by atoms with E-state index >= 15 is 0 Å². The molecule has 1 N–H and O–H groups in total. The number of aliphatic hydroxyl groups is 1. The third kappa shape index (κ3) is 12.0. The Bertz CT molecular complexity index is 186. The van der Waals surface area contributed by atoms with Crippen LogP contribution in [0.5, 0.6) is 0 Å². The van der Waals surface area contributed by atoms with Crippen LogP contribution in [-0.4, -0.2) is 23.2 Å². The predicted octanol–water partition coefficient (Wildman–Crippen LogP) is 3.62. The minimum atomic E-state index is -0.985. The van der Waals surface area contributed by atoms with Gasteiger partial charge in [0.2, 0.25) is 6.29 Å².